The zero-order valence-electron chi connectivity index (χ0n) is 11.3. The predicted molar refractivity (Wildman–Crippen MR) is 72.3 cm³/mol. The van der Waals surface area contributed by atoms with Crippen LogP contribution in [0.5, 0.6) is 0 Å². The molecule has 0 saturated heterocycles. The molecule has 1 rings (SSSR count). The number of hydrogen-bond donors (Lipinski definition) is 2. The number of rotatable bonds is 4. The molecule has 0 bridgehead atoms. The Balaban J connectivity index is 2.67. The van der Waals surface area contributed by atoms with Crippen LogP contribution in [0.25, 0.3) is 0 Å². The lowest BCUT2D eigenvalue weighted by molar-refractivity contribution is -0.120. The van der Waals surface area contributed by atoms with E-state index >= 15 is 0 Å². The third kappa shape index (κ3) is 4.10. The zero-order valence-corrected chi connectivity index (χ0v) is 11.3. The summed E-state index contributed by atoms with van der Waals surface area (Å²) < 4.78 is 0. The molecule has 17 heavy (non-hydrogen) atoms. The molecule has 0 radical (unpaired) electrons. The molecule has 3 heteroatoms. The van der Waals surface area contributed by atoms with E-state index in [2.05, 4.69) is 36.6 Å². The number of carbonyl (C=O) groups is 1. The molecule has 0 heterocycles. The minimum Gasteiger partial charge on any atom is -0.382 e. The van der Waals surface area contributed by atoms with Crippen LogP contribution in [-0.4, -0.2) is 18.0 Å². The van der Waals surface area contributed by atoms with Gasteiger partial charge in [-0.1, -0.05) is 12.1 Å². The van der Waals surface area contributed by atoms with E-state index in [4.69, 9.17) is 0 Å². The Morgan fingerprint density at radius 2 is 1.94 bits per heavy atom. The second kappa shape index (κ2) is 5.21. The van der Waals surface area contributed by atoms with E-state index < -0.39 is 0 Å². The quantitative estimate of drug-likeness (QED) is 0.841. The normalized spacial score (nSPS) is 11.1. The van der Waals surface area contributed by atoms with E-state index in [0.29, 0.717) is 6.54 Å². The highest BCUT2D eigenvalue weighted by molar-refractivity contribution is 5.73. The summed E-state index contributed by atoms with van der Waals surface area (Å²) in [5.74, 6) is -0.00207. The summed E-state index contributed by atoms with van der Waals surface area (Å²) in [5, 5.41) is 6.31. The van der Waals surface area contributed by atoms with Crippen molar-refractivity contribution < 1.29 is 4.79 Å². The number of anilines is 1. The lowest BCUT2D eigenvalue weighted by Crippen LogP contribution is -2.47. The Hall–Kier alpha value is -1.51. The van der Waals surface area contributed by atoms with Crippen molar-refractivity contribution in [3.63, 3.8) is 0 Å². The molecule has 1 aromatic carbocycles. The number of amides is 1. The van der Waals surface area contributed by atoms with Crippen molar-refractivity contribution >= 4 is 11.6 Å². The first-order valence-electron chi connectivity index (χ1n) is 5.91. The van der Waals surface area contributed by atoms with Gasteiger partial charge in [0.15, 0.2) is 0 Å². The first-order valence-corrected chi connectivity index (χ1v) is 5.91. The highest BCUT2D eigenvalue weighted by atomic mass is 16.1. The van der Waals surface area contributed by atoms with Crippen molar-refractivity contribution in [2.75, 3.05) is 11.9 Å². The Kier molecular flexibility index (Phi) is 4.16. The van der Waals surface area contributed by atoms with Gasteiger partial charge >= 0.3 is 0 Å². The maximum atomic E-state index is 11.1. The molecule has 2 N–H and O–H groups in total. The monoisotopic (exact) mass is 234 g/mol. The topological polar surface area (TPSA) is 41.1 Å². The smallest absolute Gasteiger partial charge is 0.217 e. The van der Waals surface area contributed by atoms with Gasteiger partial charge in [0, 0.05) is 19.2 Å². The lowest BCUT2D eigenvalue weighted by atomic mass is 10.0. The fourth-order valence-electron chi connectivity index (χ4n) is 1.78. The zero-order chi connectivity index (χ0) is 13.1. The molecule has 0 saturated carbocycles. The Morgan fingerprint density at radius 3 is 2.53 bits per heavy atom. The summed E-state index contributed by atoms with van der Waals surface area (Å²) in [4.78, 5) is 11.1. The standard InChI is InChI=1S/C14H22N2O/c1-10-7-6-8-13(11(10)2)15-9-14(4,5)16-12(3)17/h6-8,15H,9H2,1-5H3,(H,16,17). The molecule has 94 valence electrons. The van der Waals surface area contributed by atoms with Gasteiger partial charge in [-0.25, -0.2) is 0 Å². The van der Waals surface area contributed by atoms with Crippen molar-refractivity contribution in [2.24, 2.45) is 0 Å². The molecular weight excluding hydrogens is 212 g/mol. The largest absolute Gasteiger partial charge is 0.382 e. The molecule has 0 spiro atoms. The molecule has 0 aliphatic heterocycles. The summed E-state index contributed by atoms with van der Waals surface area (Å²) in [6.07, 6.45) is 0. The predicted octanol–water partition coefficient (Wildman–Crippen LogP) is 2.63. The average Bonchev–Trinajstić information content (AvgIpc) is 2.18. The van der Waals surface area contributed by atoms with Crippen molar-refractivity contribution in [2.45, 2.75) is 40.2 Å². The van der Waals surface area contributed by atoms with Gasteiger partial charge in [0.05, 0.1) is 5.54 Å². The van der Waals surface area contributed by atoms with Crippen molar-refractivity contribution in [1.82, 2.24) is 5.32 Å². The summed E-state index contributed by atoms with van der Waals surface area (Å²) in [7, 11) is 0. The van der Waals surface area contributed by atoms with Gasteiger partial charge in [0.2, 0.25) is 5.91 Å². The second-order valence-electron chi connectivity index (χ2n) is 5.17. The van der Waals surface area contributed by atoms with Crippen LogP contribution in [0.1, 0.15) is 31.9 Å². The third-order valence-electron chi connectivity index (χ3n) is 2.84. The van der Waals surface area contributed by atoms with Crippen LogP contribution < -0.4 is 10.6 Å². The average molecular weight is 234 g/mol. The van der Waals surface area contributed by atoms with E-state index in [1.54, 1.807) is 6.92 Å². The Morgan fingerprint density at radius 1 is 1.29 bits per heavy atom. The van der Waals surface area contributed by atoms with E-state index in [1.807, 2.05) is 19.9 Å². The van der Waals surface area contributed by atoms with E-state index in [-0.39, 0.29) is 11.4 Å². The molecule has 0 atom stereocenters. The summed E-state index contributed by atoms with van der Waals surface area (Å²) in [6, 6.07) is 6.20. The maximum absolute atomic E-state index is 11.1. The van der Waals surface area contributed by atoms with Gasteiger partial charge in [0.25, 0.3) is 0 Å². The number of hydrogen-bond acceptors (Lipinski definition) is 2. The number of carbonyl (C=O) groups excluding carboxylic acids is 1. The van der Waals surface area contributed by atoms with Crippen molar-refractivity contribution in [3.05, 3.63) is 29.3 Å². The van der Waals surface area contributed by atoms with E-state index in [1.165, 1.54) is 11.1 Å². The van der Waals surface area contributed by atoms with Crippen LogP contribution in [0.4, 0.5) is 5.69 Å². The second-order valence-corrected chi connectivity index (χ2v) is 5.17. The highest BCUT2D eigenvalue weighted by Gasteiger charge is 2.18. The summed E-state index contributed by atoms with van der Waals surface area (Å²) in [6.45, 7) is 10.5. The van der Waals surface area contributed by atoms with Crippen LogP contribution in [0, 0.1) is 13.8 Å². The molecule has 0 unspecified atom stereocenters. The molecule has 1 aromatic rings. The lowest BCUT2D eigenvalue weighted by Gasteiger charge is -2.27. The molecule has 0 aromatic heterocycles. The van der Waals surface area contributed by atoms with Crippen molar-refractivity contribution in [3.8, 4) is 0 Å². The highest BCUT2D eigenvalue weighted by Crippen LogP contribution is 2.18. The van der Waals surface area contributed by atoms with Gasteiger partial charge in [-0.15, -0.1) is 0 Å². The number of benzene rings is 1. The molecule has 0 aliphatic rings. The van der Waals surface area contributed by atoms with Crippen LogP contribution in [0.15, 0.2) is 18.2 Å². The summed E-state index contributed by atoms with van der Waals surface area (Å²) in [5.41, 5.74) is 3.41. The third-order valence-corrected chi connectivity index (χ3v) is 2.84. The fraction of sp³-hybridized carbons (Fsp3) is 0.500. The van der Waals surface area contributed by atoms with Gasteiger partial charge < -0.3 is 10.6 Å². The Labute approximate surface area is 104 Å². The minimum atomic E-state index is -0.248. The van der Waals surface area contributed by atoms with Gasteiger partial charge in [-0.2, -0.15) is 0 Å². The SMILES string of the molecule is CC(=O)NC(C)(C)CNc1cccc(C)c1C. The first kappa shape index (κ1) is 13.6. The van der Waals surface area contributed by atoms with E-state index in [0.717, 1.165) is 5.69 Å². The van der Waals surface area contributed by atoms with E-state index in [9.17, 15) is 4.79 Å². The van der Waals surface area contributed by atoms with Gasteiger partial charge in [-0.3, -0.25) is 4.79 Å². The van der Waals surface area contributed by atoms with Crippen molar-refractivity contribution in [1.29, 1.82) is 0 Å². The maximum Gasteiger partial charge on any atom is 0.217 e. The van der Waals surface area contributed by atoms with Gasteiger partial charge in [0.1, 0.15) is 0 Å². The molecule has 0 aliphatic carbocycles. The van der Waals surface area contributed by atoms with Crippen LogP contribution in [0.2, 0.25) is 0 Å². The number of nitrogens with one attached hydrogen (secondary N) is 2. The molecule has 0 fully saturated rings. The van der Waals surface area contributed by atoms with Crippen LogP contribution in [-0.2, 0) is 4.79 Å². The molecular formula is C14H22N2O. The fourth-order valence-corrected chi connectivity index (χ4v) is 1.78. The Bertz CT molecular complexity index is 411. The van der Waals surface area contributed by atoms with Crippen LogP contribution in [0.3, 0.4) is 0 Å². The first-order chi connectivity index (χ1) is 7.82. The molecule has 1 amide bonds. The minimum absolute atomic E-state index is 0.00207. The van der Waals surface area contributed by atoms with Crippen LogP contribution >= 0.6 is 0 Å². The molecule has 3 nitrogen and oxygen atoms in total. The number of aryl methyl sites for hydroxylation is 1. The summed E-state index contributed by atoms with van der Waals surface area (Å²) >= 11 is 0. The van der Waals surface area contributed by atoms with Gasteiger partial charge in [-0.05, 0) is 44.9 Å².